The second kappa shape index (κ2) is 6.61. The highest BCUT2D eigenvalue weighted by Gasteiger charge is 2.08. The number of aromatic nitrogens is 2. The van der Waals surface area contributed by atoms with E-state index in [4.69, 9.17) is 0 Å². The average Bonchev–Trinajstić information content (AvgIpc) is 2.61. The quantitative estimate of drug-likeness (QED) is 0.738. The maximum absolute atomic E-state index is 9.60. The largest absolute Gasteiger partial charge is 0.392 e. The molecule has 0 aliphatic heterocycles. The van der Waals surface area contributed by atoms with Crippen molar-refractivity contribution in [2.75, 3.05) is 25.5 Å². The van der Waals surface area contributed by atoms with Crippen LogP contribution < -0.4 is 10.2 Å². The Morgan fingerprint density at radius 2 is 2.24 bits per heavy atom. The second-order valence-electron chi connectivity index (χ2n) is 4.58. The Morgan fingerprint density at radius 1 is 1.53 bits per heavy atom. The number of rotatable bonds is 7. The van der Waals surface area contributed by atoms with Crippen LogP contribution in [0.1, 0.15) is 25.5 Å². The normalized spacial score (nSPS) is 12.8. The van der Waals surface area contributed by atoms with Crippen molar-refractivity contribution >= 4 is 5.95 Å². The highest BCUT2D eigenvalue weighted by Crippen LogP contribution is 2.10. The Kier molecular flexibility index (Phi) is 5.44. The van der Waals surface area contributed by atoms with Gasteiger partial charge in [-0.05, 0) is 6.42 Å². The highest BCUT2D eigenvalue weighted by atomic mass is 16.3. The molecule has 0 fully saturated rings. The Labute approximate surface area is 103 Å². The summed E-state index contributed by atoms with van der Waals surface area (Å²) in [7, 11) is 5.96. The van der Waals surface area contributed by atoms with Crippen molar-refractivity contribution in [3.05, 3.63) is 11.9 Å². The molecule has 98 valence electrons. The third-order valence-corrected chi connectivity index (χ3v) is 2.77. The molecule has 0 saturated heterocycles. The van der Waals surface area contributed by atoms with E-state index in [1.165, 1.54) is 0 Å². The van der Waals surface area contributed by atoms with Gasteiger partial charge in [-0.15, -0.1) is 0 Å². The monoisotopic (exact) mass is 240 g/mol. The minimum Gasteiger partial charge on any atom is -0.392 e. The molecule has 1 unspecified atom stereocenters. The maximum Gasteiger partial charge on any atom is 0.204 e. The van der Waals surface area contributed by atoms with Crippen LogP contribution in [-0.4, -0.2) is 41.4 Å². The van der Waals surface area contributed by atoms with Crippen LogP contribution in [0, 0.1) is 0 Å². The standard InChI is InChI=1S/C12H24N4O/c1-5-6-11(17)9-13-7-10-8-14-12(15(2)3)16(10)4/h8,11,13,17H,5-7,9H2,1-4H3. The van der Waals surface area contributed by atoms with E-state index in [1.54, 1.807) is 0 Å². The van der Waals surface area contributed by atoms with Crippen LogP contribution in [0.5, 0.6) is 0 Å². The Balaban J connectivity index is 2.42. The first-order valence-corrected chi connectivity index (χ1v) is 6.13. The Bertz CT molecular complexity index is 335. The van der Waals surface area contributed by atoms with Crippen molar-refractivity contribution in [2.45, 2.75) is 32.4 Å². The Hall–Kier alpha value is -1.07. The molecule has 0 radical (unpaired) electrons. The minimum absolute atomic E-state index is 0.249. The molecule has 0 bridgehead atoms. The summed E-state index contributed by atoms with van der Waals surface area (Å²) in [4.78, 5) is 6.32. The summed E-state index contributed by atoms with van der Waals surface area (Å²) in [5, 5.41) is 12.8. The van der Waals surface area contributed by atoms with Gasteiger partial charge in [0.25, 0.3) is 0 Å². The topological polar surface area (TPSA) is 53.3 Å². The SMILES string of the molecule is CCCC(O)CNCc1cnc(N(C)C)n1C. The third-order valence-electron chi connectivity index (χ3n) is 2.77. The van der Waals surface area contributed by atoms with Crippen LogP contribution in [0.2, 0.25) is 0 Å². The fraction of sp³-hybridized carbons (Fsp3) is 0.750. The van der Waals surface area contributed by atoms with Gasteiger partial charge in [0.2, 0.25) is 5.95 Å². The molecule has 0 amide bonds. The zero-order valence-corrected chi connectivity index (χ0v) is 11.3. The van der Waals surface area contributed by atoms with E-state index in [0.717, 1.165) is 31.0 Å². The van der Waals surface area contributed by atoms with E-state index in [0.29, 0.717) is 6.54 Å². The van der Waals surface area contributed by atoms with Gasteiger partial charge >= 0.3 is 0 Å². The number of aliphatic hydroxyl groups is 1. The molecular formula is C12H24N4O. The summed E-state index contributed by atoms with van der Waals surface area (Å²) in [5.41, 5.74) is 1.12. The van der Waals surface area contributed by atoms with Crippen molar-refractivity contribution in [1.82, 2.24) is 14.9 Å². The maximum atomic E-state index is 9.60. The van der Waals surface area contributed by atoms with Crippen molar-refractivity contribution in [2.24, 2.45) is 7.05 Å². The lowest BCUT2D eigenvalue weighted by molar-refractivity contribution is 0.160. The van der Waals surface area contributed by atoms with Crippen LogP contribution in [0.25, 0.3) is 0 Å². The van der Waals surface area contributed by atoms with Gasteiger partial charge in [0.15, 0.2) is 0 Å². The molecule has 1 aromatic rings. The molecule has 0 aliphatic carbocycles. The summed E-state index contributed by atoms with van der Waals surface area (Å²) in [5.74, 6) is 0.941. The predicted octanol–water partition coefficient (Wildman–Crippen LogP) is 0.737. The minimum atomic E-state index is -0.249. The molecule has 0 saturated carbocycles. The van der Waals surface area contributed by atoms with E-state index in [1.807, 2.05) is 32.2 Å². The van der Waals surface area contributed by atoms with Gasteiger partial charge in [0.05, 0.1) is 18.0 Å². The smallest absolute Gasteiger partial charge is 0.204 e. The summed E-state index contributed by atoms with van der Waals surface area (Å²) in [6.07, 6.45) is 3.48. The van der Waals surface area contributed by atoms with Crippen LogP contribution in [0.15, 0.2) is 6.20 Å². The average molecular weight is 240 g/mol. The molecule has 5 heteroatoms. The fourth-order valence-corrected chi connectivity index (χ4v) is 1.82. The lowest BCUT2D eigenvalue weighted by atomic mass is 10.2. The molecule has 1 heterocycles. The number of aliphatic hydroxyl groups excluding tert-OH is 1. The molecule has 1 atom stereocenters. The number of nitrogens with one attached hydrogen (secondary N) is 1. The molecule has 0 spiro atoms. The summed E-state index contributed by atoms with van der Waals surface area (Å²) in [6, 6.07) is 0. The number of anilines is 1. The molecule has 1 rings (SSSR count). The van der Waals surface area contributed by atoms with Crippen LogP contribution in [0.4, 0.5) is 5.95 Å². The van der Waals surface area contributed by atoms with Gasteiger partial charge in [-0.2, -0.15) is 0 Å². The number of imidazole rings is 1. The summed E-state index contributed by atoms with van der Waals surface area (Å²) >= 11 is 0. The van der Waals surface area contributed by atoms with E-state index in [2.05, 4.69) is 21.8 Å². The molecule has 2 N–H and O–H groups in total. The lowest BCUT2D eigenvalue weighted by Gasteiger charge is -2.14. The zero-order chi connectivity index (χ0) is 12.8. The molecule has 0 aromatic carbocycles. The number of hydrogen-bond donors (Lipinski definition) is 2. The van der Waals surface area contributed by atoms with Gasteiger partial charge in [-0.25, -0.2) is 4.98 Å². The molecule has 0 aliphatic rings. The summed E-state index contributed by atoms with van der Waals surface area (Å²) < 4.78 is 2.05. The van der Waals surface area contributed by atoms with Crippen LogP contribution >= 0.6 is 0 Å². The number of nitrogens with zero attached hydrogens (tertiary/aromatic N) is 3. The van der Waals surface area contributed by atoms with Crippen molar-refractivity contribution < 1.29 is 5.11 Å². The van der Waals surface area contributed by atoms with Gasteiger partial charge in [0.1, 0.15) is 0 Å². The van der Waals surface area contributed by atoms with E-state index < -0.39 is 0 Å². The molecule has 17 heavy (non-hydrogen) atoms. The van der Waals surface area contributed by atoms with E-state index >= 15 is 0 Å². The zero-order valence-electron chi connectivity index (χ0n) is 11.3. The number of hydrogen-bond acceptors (Lipinski definition) is 4. The first-order valence-electron chi connectivity index (χ1n) is 6.13. The second-order valence-corrected chi connectivity index (χ2v) is 4.58. The lowest BCUT2D eigenvalue weighted by Crippen LogP contribution is -2.27. The van der Waals surface area contributed by atoms with E-state index in [9.17, 15) is 5.11 Å². The first kappa shape index (κ1) is 14.0. The first-order chi connectivity index (χ1) is 8.06. The van der Waals surface area contributed by atoms with Crippen molar-refractivity contribution in [1.29, 1.82) is 0 Å². The molecular weight excluding hydrogens is 216 g/mol. The van der Waals surface area contributed by atoms with Gasteiger partial charge in [-0.3, -0.25) is 0 Å². The third kappa shape index (κ3) is 4.02. The van der Waals surface area contributed by atoms with Gasteiger partial charge in [0, 0.05) is 34.2 Å². The van der Waals surface area contributed by atoms with Crippen molar-refractivity contribution in [3.63, 3.8) is 0 Å². The molecule has 1 aromatic heterocycles. The summed E-state index contributed by atoms with van der Waals surface area (Å²) in [6.45, 7) is 3.45. The van der Waals surface area contributed by atoms with Crippen LogP contribution in [-0.2, 0) is 13.6 Å². The van der Waals surface area contributed by atoms with E-state index in [-0.39, 0.29) is 6.10 Å². The predicted molar refractivity (Wildman–Crippen MR) is 70.2 cm³/mol. The van der Waals surface area contributed by atoms with Crippen LogP contribution in [0.3, 0.4) is 0 Å². The highest BCUT2D eigenvalue weighted by molar-refractivity contribution is 5.30. The molecule has 5 nitrogen and oxygen atoms in total. The van der Waals surface area contributed by atoms with Crippen molar-refractivity contribution in [3.8, 4) is 0 Å². The van der Waals surface area contributed by atoms with Gasteiger partial charge in [-0.1, -0.05) is 13.3 Å². The fourth-order valence-electron chi connectivity index (χ4n) is 1.82. The van der Waals surface area contributed by atoms with Gasteiger partial charge < -0.3 is 19.9 Å². The Morgan fingerprint density at radius 3 is 2.76 bits per heavy atom.